The van der Waals surface area contributed by atoms with Crippen LogP contribution in [0.25, 0.3) is 12.2 Å². The monoisotopic (exact) mass is 558 g/mol. The molecule has 0 aliphatic rings. The number of ether oxygens (including phenoxy) is 2. The molecule has 0 saturated heterocycles. The molecule has 218 valence electrons. The van der Waals surface area contributed by atoms with Gasteiger partial charge in [-0.15, -0.1) is 0 Å². The zero-order valence-electron chi connectivity index (χ0n) is 24.4. The molecule has 0 aliphatic heterocycles. The molecule has 0 spiro atoms. The quantitative estimate of drug-likeness (QED) is 0.165. The number of pyridine rings is 1. The molecule has 2 N–H and O–H groups in total. The molecule has 3 aromatic rings. The fraction of sp³-hybridized carbons (Fsp3) is 0.382. The van der Waals surface area contributed by atoms with Gasteiger partial charge in [-0.3, -0.25) is 9.59 Å². The fourth-order valence-corrected chi connectivity index (χ4v) is 4.48. The van der Waals surface area contributed by atoms with Crippen LogP contribution in [-0.4, -0.2) is 35.2 Å². The largest absolute Gasteiger partial charge is 0.494 e. The predicted molar refractivity (Wildman–Crippen MR) is 164 cm³/mol. The van der Waals surface area contributed by atoms with E-state index in [2.05, 4.69) is 29.4 Å². The van der Waals surface area contributed by atoms with Gasteiger partial charge in [0.25, 0.3) is 0 Å². The van der Waals surface area contributed by atoms with Gasteiger partial charge in [-0.05, 0) is 86.1 Å². The summed E-state index contributed by atoms with van der Waals surface area (Å²) in [6.45, 7) is 7.04. The Hall–Kier alpha value is -4.13. The standard InChI is InChI=1S/C34H42N2O5/c1-4-22-40-30-20-17-26(18-21-30)11-7-8-23-41-32-15-10-13-28(36-32)19-16-27-12-9-14-29(24-27)35-31(37)25-34(5-2,6-3)33(38)39/h9-10,12-21,24H,4-8,11,22-23,25H2,1-3H3,(H,35,37)(H,38,39)/b19-16+. The number of hydrogen-bond donors (Lipinski definition) is 2. The molecule has 0 saturated carbocycles. The Labute approximate surface area is 243 Å². The second-order valence-electron chi connectivity index (χ2n) is 10.2. The van der Waals surface area contributed by atoms with Crippen LogP contribution < -0.4 is 14.8 Å². The number of anilines is 1. The average molecular weight is 559 g/mol. The summed E-state index contributed by atoms with van der Waals surface area (Å²) in [6.07, 6.45) is 8.49. The number of benzene rings is 2. The number of rotatable bonds is 17. The lowest BCUT2D eigenvalue weighted by atomic mass is 9.79. The zero-order valence-corrected chi connectivity index (χ0v) is 24.4. The highest BCUT2D eigenvalue weighted by atomic mass is 16.5. The first-order valence-electron chi connectivity index (χ1n) is 14.5. The van der Waals surface area contributed by atoms with Crippen LogP contribution >= 0.6 is 0 Å². The summed E-state index contributed by atoms with van der Waals surface area (Å²) in [5.41, 5.74) is 2.51. The first-order valence-corrected chi connectivity index (χ1v) is 14.5. The second-order valence-corrected chi connectivity index (χ2v) is 10.2. The normalized spacial score (nSPS) is 11.4. The number of hydrogen-bond acceptors (Lipinski definition) is 5. The number of aryl methyl sites for hydroxylation is 1. The van der Waals surface area contributed by atoms with E-state index in [4.69, 9.17) is 9.47 Å². The zero-order chi connectivity index (χ0) is 29.5. The van der Waals surface area contributed by atoms with Gasteiger partial charge in [0, 0.05) is 18.2 Å². The summed E-state index contributed by atoms with van der Waals surface area (Å²) in [6, 6.07) is 21.4. The van der Waals surface area contributed by atoms with E-state index in [1.807, 2.05) is 60.7 Å². The van der Waals surface area contributed by atoms with E-state index in [9.17, 15) is 14.7 Å². The minimum atomic E-state index is -1.05. The van der Waals surface area contributed by atoms with Gasteiger partial charge in [-0.2, -0.15) is 0 Å². The summed E-state index contributed by atoms with van der Waals surface area (Å²) >= 11 is 0. The van der Waals surface area contributed by atoms with Crippen LogP contribution in [0.2, 0.25) is 0 Å². The van der Waals surface area contributed by atoms with Crippen LogP contribution in [0.5, 0.6) is 11.6 Å². The van der Waals surface area contributed by atoms with Crippen LogP contribution in [0, 0.1) is 5.41 Å². The van der Waals surface area contributed by atoms with E-state index in [1.54, 1.807) is 19.9 Å². The Morgan fingerprint density at radius 1 is 0.902 bits per heavy atom. The number of carboxylic acids is 1. The Morgan fingerprint density at radius 3 is 2.37 bits per heavy atom. The lowest BCUT2D eigenvalue weighted by molar-refractivity contribution is -0.151. The molecule has 0 unspecified atom stereocenters. The van der Waals surface area contributed by atoms with E-state index < -0.39 is 11.4 Å². The minimum absolute atomic E-state index is 0.0617. The number of aliphatic carboxylic acids is 1. The van der Waals surface area contributed by atoms with E-state index in [0.29, 0.717) is 31.0 Å². The molecule has 1 aromatic heterocycles. The fourth-order valence-electron chi connectivity index (χ4n) is 4.48. The summed E-state index contributed by atoms with van der Waals surface area (Å²) in [5, 5.41) is 12.5. The third-order valence-corrected chi connectivity index (χ3v) is 7.17. The van der Waals surface area contributed by atoms with Gasteiger partial charge in [-0.1, -0.05) is 57.2 Å². The highest BCUT2D eigenvalue weighted by Gasteiger charge is 2.37. The van der Waals surface area contributed by atoms with E-state index in [0.717, 1.165) is 49.3 Å². The Balaban J connectivity index is 1.47. The number of nitrogens with zero attached hydrogens (tertiary/aromatic N) is 1. The maximum absolute atomic E-state index is 12.6. The molecule has 0 bridgehead atoms. The first kappa shape index (κ1) is 31.4. The summed E-state index contributed by atoms with van der Waals surface area (Å²) < 4.78 is 11.5. The Bertz CT molecular complexity index is 1280. The number of amides is 1. The van der Waals surface area contributed by atoms with Crippen LogP contribution in [0.3, 0.4) is 0 Å². The summed E-state index contributed by atoms with van der Waals surface area (Å²) in [7, 11) is 0. The highest BCUT2D eigenvalue weighted by Crippen LogP contribution is 2.31. The molecular formula is C34H42N2O5. The van der Waals surface area contributed by atoms with Gasteiger partial charge in [0.05, 0.1) is 24.3 Å². The van der Waals surface area contributed by atoms with Crippen molar-refractivity contribution in [3.8, 4) is 11.6 Å². The number of aromatic nitrogens is 1. The third kappa shape index (κ3) is 10.1. The average Bonchev–Trinajstić information content (AvgIpc) is 2.98. The van der Waals surface area contributed by atoms with Gasteiger partial charge >= 0.3 is 5.97 Å². The number of carbonyl (C=O) groups is 2. The van der Waals surface area contributed by atoms with E-state index >= 15 is 0 Å². The van der Waals surface area contributed by atoms with Crippen molar-refractivity contribution in [2.75, 3.05) is 18.5 Å². The maximum Gasteiger partial charge on any atom is 0.310 e. The van der Waals surface area contributed by atoms with Crippen LogP contribution in [-0.2, 0) is 16.0 Å². The molecule has 3 rings (SSSR count). The molecule has 1 heterocycles. The van der Waals surface area contributed by atoms with Crippen LogP contribution in [0.15, 0.2) is 66.7 Å². The lowest BCUT2D eigenvalue weighted by Crippen LogP contribution is -2.34. The summed E-state index contributed by atoms with van der Waals surface area (Å²) in [4.78, 5) is 28.9. The van der Waals surface area contributed by atoms with Crippen molar-refractivity contribution < 1.29 is 24.2 Å². The Kier molecular flexibility index (Phi) is 12.4. The van der Waals surface area contributed by atoms with Crippen molar-refractivity contribution in [1.29, 1.82) is 0 Å². The van der Waals surface area contributed by atoms with Crippen molar-refractivity contribution in [3.63, 3.8) is 0 Å². The van der Waals surface area contributed by atoms with Crippen molar-refractivity contribution >= 4 is 29.7 Å². The first-order chi connectivity index (χ1) is 19.9. The van der Waals surface area contributed by atoms with Gasteiger partial charge in [-0.25, -0.2) is 4.98 Å². The topological polar surface area (TPSA) is 97.8 Å². The number of nitrogens with one attached hydrogen (secondary N) is 1. The molecule has 0 aliphatic carbocycles. The van der Waals surface area contributed by atoms with Gasteiger partial charge in [0.15, 0.2) is 0 Å². The molecule has 7 nitrogen and oxygen atoms in total. The molecule has 2 aromatic carbocycles. The number of carbonyl (C=O) groups excluding carboxylic acids is 1. The third-order valence-electron chi connectivity index (χ3n) is 7.17. The minimum Gasteiger partial charge on any atom is -0.494 e. The van der Waals surface area contributed by atoms with Crippen molar-refractivity contribution in [3.05, 3.63) is 83.6 Å². The molecule has 0 fully saturated rings. The van der Waals surface area contributed by atoms with Crippen molar-refractivity contribution in [2.24, 2.45) is 5.41 Å². The lowest BCUT2D eigenvalue weighted by Gasteiger charge is -2.25. The van der Waals surface area contributed by atoms with Gasteiger partial charge in [0.2, 0.25) is 11.8 Å². The van der Waals surface area contributed by atoms with Crippen molar-refractivity contribution in [1.82, 2.24) is 4.98 Å². The highest BCUT2D eigenvalue weighted by molar-refractivity contribution is 5.94. The number of unbranched alkanes of at least 4 members (excludes halogenated alkanes) is 1. The maximum atomic E-state index is 12.6. The molecule has 41 heavy (non-hydrogen) atoms. The van der Waals surface area contributed by atoms with Crippen LogP contribution in [0.4, 0.5) is 5.69 Å². The number of carboxylic acid groups (broad SMARTS) is 1. The van der Waals surface area contributed by atoms with E-state index in [-0.39, 0.29) is 12.3 Å². The molecular weight excluding hydrogens is 516 g/mol. The van der Waals surface area contributed by atoms with E-state index in [1.165, 1.54) is 5.56 Å². The van der Waals surface area contributed by atoms with Gasteiger partial charge < -0.3 is 19.9 Å². The molecule has 0 atom stereocenters. The van der Waals surface area contributed by atoms with Gasteiger partial charge in [0.1, 0.15) is 5.75 Å². The smallest absolute Gasteiger partial charge is 0.310 e. The van der Waals surface area contributed by atoms with Crippen molar-refractivity contribution in [2.45, 2.75) is 65.7 Å². The molecule has 7 heteroatoms. The Morgan fingerprint density at radius 2 is 1.66 bits per heavy atom. The molecule has 1 amide bonds. The van der Waals surface area contributed by atoms with Crippen LogP contribution in [0.1, 0.15) is 76.1 Å². The SMILES string of the molecule is CCCOc1ccc(CCCCOc2cccc(/C=C/c3cccc(NC(=O)CC(CC)(CC)C(=O)O)c3)n2)cc1. The predicted octanol–water partition coefficient (Wildman–Crippen LogP) is 7.66. The summed E-state index contributed by atoms with van der Waals surface area (Å²) in [5.74, 6) is 0.256. The molecule has 0 radical (unpaired) electrons. The second kappa shape index (κ2) is 16.2.